The van der Waals surface area contributed by atoms with E-state index in [0.29, 0.717) is 24.3 Å². The Bertz CT molecular complexity index is 538. The van der Waals surface area contributed by atoms with Gasteiger partial charge in [0, 0.05) is 18.3 Å². The smallest absolute Gasteiger partial charge is 0.295 e. The third-order valence-electron chi connectivity index (χ3n) is 2.55. The third kappa shape index (κ3) is 2.62. The predicted octanol–water partition coefficient (Wildman–Crippen LogP) is 1.61. The number of benzene rings is 1. The molecule has 1 aromatic carbocycles. The zero-order chi connectivity index (χ0) is 13.0. The van der Waals surface area contributed by atoms with Gasteiger partial charge in [-0.3, -0.25) is 14.8 Å². The maximum Gasteiger partial charge on any atom is 0.295 e. The van der Waals surface area contributed by atoms with Gasteiger partial charge in [-0.05, 0) is 13.0 Å². The maximum atomic E-state index is 11.0. The van der Waals surface area contributed by atoms with Crippen molar-refractivity contribution in [3.63, 3.8) is 0 Å². The molecule has 0 radical (unpaired) electrons. The molecule has 0 aliphatic carbocycles. The predicted molar refractivity (Wildman–Crippen MR) is 66.3 cm³/mol. The summed E-state index contributed by atoms with van der Waals surface area (Å²) >= 11 is 0. The zero-order valence-corrected chi connectivity index (χ0v) is 9.91. The molecule has 0 spiro atoms. The monoisotopic (exact) mass is 247 g/mol. The molecule has 0 saturated carbocycles. The average Bonchev–Trinajstić information content (AvgIpc) is 2.81. The first-order chi connectivity index (χ1) is 8.68. The van der Waals surface area contributed by atoms with Crippen LogP contribution >= 0.6 is 0 Å². The van der Waals surface area contributed by atoms with E-state index in [2.05, 4.69) is 15.6 Å². The second kappa shape index (κ2) is 5.26. The van der Waals surface area contributed by atoms with E-state index >= 15 is 0 Å². The number of anilines is 1. The Morgan fingerprint density at radius 3 is 3.00 bits per heavy atom. The Balaban J connectivity index is 2.05. The van der Waals surface area contributed by atoms with Gasteiger partial charge in [-0.1, -0.05) is 17.3 Å². The van der Waals surface area contributed by atoms with Crippen molar-refractivity contribution in [2.24, 2.45) is 0 Å². The van der Waals surface area contributed by atoms with Crippen LogP contribution in [-0.2, 0) is 6.54 Å². The molecule has 7 heteroatoms. The van der Waals surface area contributed by atoms with E-state index in [1.165, 1.54) is 0 Å². The van der Waals surface area contributed by atoms with Gasteiger partial charge in [0.1, 0.15) is 5.69 Å². The second-order valence-corrected chi connectivity index (χ2v) is 3.82. The summed E-state index contributed by atoms with van der Waals surface area (Å²) in [5.74, 6) is 0. The van der Waals surface area contributed by atoms with Gasteiger partial charge in [-0.2, -0.15) is 0 Å². The standard InChI is InChI=1S/C11H13N5O2/c1-9-3-2-4-10(11(9)16(17)18)12-5-7-15-8-6-13-14-15/h2-4,6,8,12H,5,7H2,1H3. The number of aromatic nitrogens is 3. The Hall–Kier alpha value is -2.44. The molecule has 0 aliphatic heterocycles. The highest BCUT2D eigenvalue weighted by atomic mass is 16.6. The van der Waals surface area contributed by atoms with Gasteiger partial charge in [0.15, 0.2) is 0 Å². The van der Waals surface area contributed by atoms with Crippen LogP contribution in [0, 0.1) is 17.0 Å². The fraction of sp³-hybridized carbons (Fsp3) is 0.273. The Kier molecular flexibility index (Phi) is 3.52. The van der Waals surface area contributed by atoms with Crippen molar-refractivity contribution in [1.82, 2.24) is 15.0 Å². The van der Waals surface area contributed by atoms with Crippen LogP contribution in [-0.4, -0.2) is 26.5 Å². The molecule has 0 fully saturated rings. The summed E-state index contributed by atoms with van der Waals surface area (Å²) in [6.45, 7) is 2.87. The molecule has 1 N–H and O–H groups in total. The third-order valence-corrected chi connectivity index (χ3v) is 2.55. The fourth-order valence-electron chi connectivity index (χ4n) is 1.70. The van der Waals surface area contributed by atoms with Crippen LogP contribution in [0.3, 0.4) is 0 Å². The van der Waals surface area contributed by atoms with E-state index in [4.69, 9.17) is 0 Å². The molecule has 0 saturated heterocycles. The van der Waals surface area contributed by atoms with E-state index < -0.39 is 0 Å². The summed E-state index contributed by atoms with van der Waals surface area (Å²) in [7, 11) is 0. The van der Waals surface area contributed by atoms with Crippen LogP contribution in [0.1, 0.15) is 5.56 Å². The van der Waals surface area contributed by atoms with Crippen LogP contribution in [0.5, 0.6) is 0 Å². The molecule has 0 amide bonds. The number of nitrogens with one attached hydrogen (secondary N) is 1. The highest BCUT2D eigenvalue weighted by molar-refractivity contribution is 5.64. The molecule has 1 heterocycles. The van der Waals surface area contributed by atoms with Gasteiger partial charge in [0.2, 0.25) is 0 Å². The van der Waals surface area contributed by atoms with Crippen molar-refractivity contribution in [2.75, 3.05) is 11.9 Å². The second-order valence-electron chi connectivity index (χ2n) is 3.82. The quantitative estimate of drug-likeness (QED) is 0.640. The van der Waals surface area contributed by atoms with Crippen LogP contribution in [0.25, 0.3) is 0 Å². The molecule has 1 aromatic heterocycles. The minimum Gasteiger partial charge on any atom is -0.378 e. The maximum absolute atomic E-state index is 11.0. The van der Waals surface area contributed by atoms with Crippen LogP contribution in [0.2, 0.25) is 0 Å². The summed E-state index contributed by atoms with van der Waals surface area (Å²) in [4.78, 5) is 10.6. The molecule has 18 heavy (non-hydrogen) atoms. The summed E-state index contributed by atoms with van der Waals surface area (Å²) < 4.78 is 1.66. The SMILES string of the molecule is Cc1cccc(NCCn2ccnn2)c1[N+](=O)[O-]. The van der Waals surface area contributed by atoms with E-state index in [0.717, 1.165) is 0 Å². The number of para-hydroxylation sites is 1. The van der Waals surface area contributed by atoms with E-state index in [9.17, 15) is 10.1 Å². The van der Waals surface area contributed by atoms with Crippen LogP contribution < -0.4 is 5.32 Å². The van der Waals surface area contributed by atoms with Gasteiger partial charge in [-0.15, -0.1) is 5.10 Å². The first-order valence-electron chi connectivity index (χ1n) is 5.50. The number of nitro benzene ring substituents is 1. The van der Waals surface area contributed by atoms with Gasteiger partial charge in [0.25, 0.3) is 5.69 Å². The molecule has 2 rings (SSSR count). The minimum absolute atomic E-state index is 0.121. The highest BCUT2D eigenvalue weighted by Crippen LogP contribution is 2.27. The van der Waals surface area contributed by atoms with E-state index in [-0.39, 0.29) is 10.6 Å². The summed E-state index contributed by atoms with van der Waals surface area (Å²) in [6.07, 6.45) is 3.33. The molecule has 7 nitrogen and oxygen atoms in total. The molecule has 0 bridgehead atoms. The number of hydrogen-bond donors (Lipinski definition) is 1. The van der Waals surface area contributed by atoms with Crippen molar-refractivity contribution in [2.45, 2.75) is 13.5 Å². The molecule has 0 unspecified atom stereocenters. The van der Waals surface area contributed by atoms with Gasteiger partial charge >= 0.3 is 0 Å². The van der Waals surface area contributed by atoms with Crippen molar-refractivity contribution in [1.29, 1.82) is 0 Å². The van der Waals surface area contributed by atoms with Crippen LogP contribution in [0.4, 0.5) is 11.4 Å². The summed E-state index contributed by atoms with van der Waals surface area (Å²) in [5, 5.41) is 21.5. The van der Waals surface area contributed by atoms with Gasteiger partial charge in [0.05, 0.1) is 17.7 Å². The fourth-order valence-corrected chi connectivity index (χ4v) is 1.70. The topological polar surface area (TPSA) is 85.9 Å². The molecule has 94 valence electrons. The number of nitrogens with zero attached hydrogens (tertiary/aromatic N) is 4. The molecule has 2 aromatic rings. The van der Waals surface area contributed by atoms with Crippen molar-refractivity contribution in [3.8, 4) is 0 Å². The van der Waals surface area contributed by atoms with Gasteiger partial charge < -0.3 is 5.32 Å². The molecular weight excluding hydrogens is 234 g/mol. The van der Waals surface area contributed by atoms with Crippen molar-refractivity contribution >= 4 is 11.4 Å². The minimum atomic E-state index is -0.368. The normalized spacial score (nSPS) is 10.3. The Labute approximate surface area is 104 Å². The first kappa shape index (κ1) is 12.0. The average molecular weight is 247 g/mol. The van der Waals surface area contributed by atoms with Crippen molar-refractivity contribution in [3.05, 3.63) is 46.3 Å². The lowest BCUT2D eigenvalue weighted by molar-refractivity contribution is -0.384. The van der Waals surface area contributed by atoms with Gasteiger partial charge in [-0.25, -0.2) is 0 Å². The van der Waals surface area contributed by atoms with E-state index in [1.54, 1.807) is 42.2 Å². The Morgan fingerprint density at radius 2 is 2.33 bits per heavy atom. The van der Waals surface area contributed by atoms with E-state index in [1.807, 2.05) is 0 Å². The number of hydrogen-bond acceptors (Lipinski definition) is 5. The zero-order valence-electron chi connectivity index (χ0n) is 9.91. The first-order valence-corrected chi connectivity index (χ1v) is 5.50. The molecule has 0 atom stereocenters. The largest absolute Gasteiger partial charge is 0.378 e. The Morgan fingerprint density at radius 1 is 1.50 bits per heavy atom. The van der Waals surface area contributed by atoms with Crippen LogP contribution in [0.15, 0.2) is 30.6 Å². The number of rotatable bonds is 5. The molecule has 0 aliphatic rings. The number of nitro groups is 1. The lowest BCUT2D eigenvalue weighted by Crippen LogP contribution is -2.12. The lowest BCUT2D eigenvalue weighted by atomic mass is 10.1. The number of aryl methyl sites for hydroxylation is 1. The summed E-state index contributed by atoms with van der Waals surface area (Å²) in [5.41, 5.74) is 1.29. The lowest BCUT2D eigenvalue weighted by Gasteiger charge is -2.08. The van der Waals surface area contributed by atoms with Crippen molar-refractivity contribution < 1.29 is 4.92 Å². The molecular formula is C11H13N5O2. The highest BCUT2D eigenvalue weighted by Gasteiger charge is 2.15. The summed E-state index contributed by atoms with van der Waals surface area (Å²) in [6, 6.07) is 5.22.